The summed E-state index contributed by atoms with van der Waals surface area (Å²) in [6.45, 7) is 22.6. The second-order valence-corrected chi connectivity index (χ2v) is 21.5. The number of benzene rings is 7. The Labute approximate surface area is 428 Å². The van der Waals surface area contributed by atoms with Crippen molar-refractivity contribution in [3.8, 4) is 39.8 Å². The first kappa shape index (κ1) is 48.2. The van der Waals surface area contributed by atoms with E-state index < -0.39 is 0 Å². The molecule has 0 bridgehead atoms. The Kier molecular flexibility index (Phi) is 12.7. The molecule has 10 aromatic rings. The average Bonchev–Trinajstić information content (AvgIpc) is 3.98. The summed E-state index contributed by atoms with van der Waals surface area (Å²) in [6, 6.07) is 65.9. The number of ether oxygens (including phenoxy) is 1. The van der Waals surface area contributed by atoms with E-state index in [-0.39, 0.29) is 42.7 Å². The molecule has 0 aliphatic rings. The van der Waals surface area contributed by atoms with Crippen LogP contribution in [0.4, 0.5) is 0 Å². The summed E-state index contributed by atoms with van der Waals surface area (Å²) in [7, 11) is 0. The van der Waals surface area contributed by atoms with Gasteiger partial charge in [-0.3, -0.25) is 4.57 Å². The molecule has 0 aliphatic heterocycles. The van der Waals surface area contributed by atoms with Crippen LogP contribution in [-0.4, -0.2) is 14.1 Å². The number of hydrogen-bond donors (Lipinski definition) is 0. The van der Waals surface area contributed by atoms with Gasteiger partial charge in [-0.15, -0.1) is 35.2 Å². The Bertz CT molecular complexity index is 3480. The van der Waals surface area contributed by atoms with Crippen molar-refractivity contribution in [3.05, 3.63) is 234 Å². The third kappa shape index (κ3) is 9.32. The smallest absolute Gasteiger partial charge is 0.267 e. The van der Waals surface area contributed by atoms with Crippen LogP contribution < -0.4 is 9.30 Å². The minimum atomic E-state index is -0.372. The fourth-order valence-corrected chi connectivity index (χ4v) is 9.43. The van der Waals surface area contributed by atoms with E-state index in [0.29, 0.717) is 11.5 Å². The van der Waals surface area contributed by atoms with Gasteiger partial charge in [-0.1, -0.05) is 184 Å². The fourth-order valence-electron chi connectivity index (χ4n) is 9.43. The summed E-state index contributed by atoms with van der Waals surface area (Å²) in [4.78, 5) is 4.96. The monoisotopic (exact) mass is 1100 g/mol. The molecule has 5 nitrogen and oxygen atoms in total. The molecule has 0 amide bonds. The molecule has 0 atom stereocenters. The van der Waals surface area contributed by atoms with Gasteiger partial charge in [-0.05, 0) is 96.6 Å². The van der Waals surface area contributed by atoms with Crippen molar-refractivity contribution in [1.82, 2.24) is 14.1 Å². The van der Waals surface area contributed by atoms with E-state index in [9.17, 15) is 0 Å². The molecular formula is C64H60N4OPt-2. The quantitative estimate of drug-likeness (QED) is 0.101. The van der Waals surface area contributed by atoms with Crippen molar-refractivity contribution in [2.75, 3.05) is 0 Å². The van der Waals surface area contributed by atoms with E-state index in [1.165, 1.54) is 27.8 Å². The SMILES string of the molecule is CC(C)(C)c1ccnc(-n2c3[c-]c(Oc4[c-]c(-n5[c-][n+](-c6cc(-c7ccccc7)cc(C(C)(C)c7ccccc7)c6)cc5)cc(C(C)(C)c5ccccc5)c4)ccc3c3cc(C(C)(C)C)ccc32)c1.[Pt]. The molecule has 0 saturated heterocycles. The van der Waals surface area contributed by atoms with E-state index in [4.69, 9.17) is 9.72 Å². The molecule has 0 unspecified atom stereocenters. The Hall–Kier alpha value is -6.81. The second kappa shape index (κ2) is 18.5. The average molecular weight is 1100 g/mol. The van der Waals surface area contributed by atoms with Gasteiger partial charge in [0.1, 0.15) is 5.82 Å². The van der Waals surface area contributed by atoms with Gasteiger partial charge in [0.2, 0.25) is 0 Å². The molecule has 0 fully saturated rings. The number of aromatic nitrogens is 4. The van der Waals surface area contributed by atoms with Gasteiger partial charge in [0, 0.05) is 62.1 Å². The zero-order chi connectivity index (χ0) is 48.3. The predicted octanol–water partition coefficient (Wildman–Crippen LogP) is 15.4. The van der Waals surface area contributed by atoms with Gasteiger partial charge < -0.3 is 13.9 Å². The Morgan fingerprint density at radius 2 is 1.11 bits per heavy atom. The first-order chi connectivity index (χ1) is 32.9. The maximum absolute atomic E-state index is 6.94. The minimum absolute atomic E-state index is 0. The fraction of sp³-hybridized carbons (Fsp3) is 0.219. The molecule has 0 radical (unpaired) electrons. The van der Waals surface area contributed by atoms with Crippen LogP contribution >= 0.6 is 0 Å². The largest absolute Gasteiger partial charge is 0.510 e. The molecule has 3 heterocycles. The van der Waals surface area contributed by atoms with Crippen molar-refractivity contribution < 1.29 is 30.4 Å². The molecule has 10 rings (SSSR count). The van der Waals surface area contributed by atoms with Gasteiger partial charge in [0.15, 0.2) is 0 Å². The molecule has 3 aromatic heterocycles. The van der Waals surface area contributed by atoms with Crippen LogP contribution in [0.15, 0.2) is 182 Å². The molecule has 6 heteroatoms. The predicted molar refractivity (Wildman–Crippen MR) is 282 cm³/mol. The van der Waals surface area contributed by atoms with E-state index in [1.807, 2.05) is 23.0 Å². The van der Waals surface area contributed by atoms with Crippen LogP contribution in [0.5, 0.6) is 11.5 Å². The third-order valence-electron chi connectivity index (χ3n) is 14.0. The Morgan fingerprint density at radius 1 is 0.500 bits per heavy atom. The number of fused-ring (bicyclic) bond motifs is 3. The molecule has 0 spiro atoms. The molecular weight excluding hydrogens is 1040 g/mol. The topological polar surface area (TPSA) is 35.9 Å². The molecule has 0 aliphatic carbocycles. The zero-order valence-corrected chi connectivity index (χ0v) is 44.1. The summed E-state index contributed by atoms with van der Waals surface area (Å²) < 4.78 is 13.3. The number of imidazole rings is 1. The van der Waals surface area contributed by atoms with E-state index in [2.05, 4.69) is 261 Å². The van der Waals surface area contributed by atoms with Crippen LogP contribution in [0.25, 0.3) is 50.1 Å². The van der Waals surface area contributed by atoms with Crippen molar-refractivity contribution >= 4 is 21.8 Å². The molecule has 0 N–H and O–H groups in total. The van der Waals surface area contributed by atoms with Crippen molar-refractivity contribution in [2.45, 2.75) is 90.9 Å². The van der Waals surface area contributed by atoms with Gasteiger partial charge in [-0.2, -0.15) is 12.1 Å². The van der Waals surface area contributed by atoms with E-state index in [1.54, 1.807) is 0 Å². The number of nitrogens with zero attached hydrogens (tertiary/aromatic N) is 4. The van der Waals surface area contributed by atoms with Crippen LogP contribution in [0.3, 0.4) is 0 Å². The van der Waals surface area contributed by atoms with Gasteiger partial charge in [0.05, 0.1) is 5.69 Å². The summed E-state index contributed by atoms with van der Waals surface area (Å²) >= 11 is 0. The standard InChI is InChI=1S/C64H60N4O.Pt/c1-61(2,3)48-26-29-58-57(39-48)56-28-27-54(42-59(56)68(58)60-40-49(30-31-65-60)62(4,5)6)69-55-38-51(64(9,10)47-24-18-13-19-25-47)37-53(41-55)67-33-32-66(43-67)52-35-45(44-20-14-11-15-21-44)34-50(36-52)63(7,8)46-22-16-12-17-23-46;/h11-40H,1-10H3;/q-2;. The van der Waals surface area contributed by atoms with Gasteiger partial charge in [0.25, 0.3) is 6.33 Å². The molecule has 7 aromatic carbocycles. The molecule has 0 saturated carbocycles. The summed E-state index contributed by atoms with van der Waals surface area (Å²) in [6.07, 6.45) is 9.71. The maximum Gasteiger partial charge on any atom is 0.267 e. The first-order valence-electron chi connectivity index (χ1n) is 24.0. The summed E-state index contributed by atoms with van der Waals surface area (Å²) in [5.74, 6) is 2.02. The molecule has 70 heavy (non-hydrogen) atoms. The van der Waals surface area contributed by atoms with Crippen LogP contribution in [-0.2, 0) is 42.7 Å². The Morgan fingerprint density at radius 3 is 1.76 bits per heavy atom. The second-order valence-electron chi connectivity index (χ2n) is 21.5. The van der Waals surface area contributed by atoms with Crippen LogP contribution in [0, 0.1) is 18.5 Å². The Balaban J connectivity index is 0.00000608. The maximum atomic E-state index is 6.94. The van der Waals surface area contributed by atoms with Gasteiger partial charge in [-0.25, -0.2) is 4.98 Å². The summed E-state index contributed by atoms with van der Waals surface area (Å²) in [5.41, 5.74) is 12.7. The van der Waals surface area contributed by atoms with Crippen molar-refractivity contribution in [1.29, 1.82) is 0 Å². The van der Waals surface area contributed by atoms with Crippen LogP contribution in [0.1, 0.15) is 103 Å². The zero-order valence-electron chi connectivity index (χ0n) is 41.8. The van der Waals surface area contributed by atoms with Crippen LogP contribution in [0.2, 0.25) is 0 Å². The normalized spacial score (nSPS) is 12.3. The first-order valence-corrected chi connectivity index (χ1v) is 24.0. The summed E-state index contributed by atoms with van der Waals surface area (Å²) in [5, 5.41) is 2.25. The molecule has 354 valence electrons. The number of hydrogen-bond acceptors (Lipinski definition) is 2. The van der Waals surface area contributed by atoms with Crippen molar-refractivity contribution in [2.24, 2.45) is 0 Å². The van der Waals surface area contributed by atoms with E-state index >= 15 is 0 Å². The van der Waals surface area contributed by atoms with Gasteiger partial charge >= 0.3 is 0 Å². The minimum Gasteiger partial charge on any atom is -0.510 e. The van der Waals surface area contributed by atoms with E-state index in [0.717, 1.165) is 55.7 Å². The third-order valence-corrected chi connectivity index (χ3v) is 14.0. The van der Waals surface area contributed by atoms with Crippen molar-refractivity contribution in [3.63, 3.8) is 0 Å². The number of rotatable bonds is 10. The number of pyridine rings is 1.